The molecule has 0 aliphatic heterocycles. The van der Waals surface area contributed by atoms with Crippen LogP contribution in [0.5, 0.6) is 0 Å². The van der Waals surface area contributed by atoms with E-state index in [4.69, 9.17) is 5.21 Å². The number of nitrogens with zero attached hydrogens (tertiary/aromatic N) is 3. The molecule has 1 heterocycles. The van der Waals surface area contributed by atoms with E-state index in [1.54, 1.807) is 0 Å². The molecule has 0 amide bonds. The summed E-state index contributed by atoms with van der Waals surface area (Å²) < 4.78 is 0. The Labute approximate surface area is 46.1 Å². The van der Waals surface area contributed by atoms with Gasteiger partial charge in [-0.3, -0.25) is 0 Å². The number of hydrogen-bond donors (Lipinski definition) is 1. The van der Waals surface area contributed by atoms with Crippen molar-refractivity contribution in [2.75, 3.05) is 0 Å². The van der Waals surface area contributed by atoms with Crippen molar-refractivity contribution >= 4 is 12.4 Å². The van der Waals surface area contributed by atoms with Crippen molar-refractivity contribution in [1.82, 2.24) is 15.2 Å². The van der Waals surface area contributed by atoms with E-state index in [0.29, 0.717) is 4.85 Å². The number of rotatable bonds is 0. The summed E-state index contributed by atoms with van der Waals surface area (Å²) >= 11 is 0. The lowest BCUT2D eigenvalue weighted by Gasteiger charge is -1.74. The van der Waals surface area contributed by atoms with Gasteiger partial charge in [0.25, 0.3) is 0 Å². The summed E-state index contributed by atoms with van der Waals surface area (Å²) in [6.45, 7) is 0. The van der Waals surface area contributed by atoms with Crippen molar-refractivity contribution < 1.29 is 5.21 Å². The van der Waals surface area contributed by atoms with E-state index in [1.165, 1.54) is 12.4 Å². The molecule has 0 spiro atoms. The Balaban J connectivity index is 0.000000360. The molecular formula is C2H4ClN3O. The van der Waals surface area contributed by atoms with Gasteiger partial charge >= 0.3 is 0 Å². The van der Waals surface area contributed by atoms with Gasteiger partial charge in [0.2, 0.25) is 0 Å². The van der Waals surface area contributed by atoms with Gasteiger partial charge in [0.15, 0.2) is 0 Å². The summed E-state index contributed by atoms with van der Waals surface area (Å²) in [5.74, 6) is 0. The molecule has 0 unspecified atom stereocenters. The van der Waals surface area contributed by atoms with E-state index in [2.05, 4.69) is 10.3 Å². The fraction of sp³-hybridized carbons (Fsp3) is 0. The van der Waals surface area contributed by atoms with Crippen molar-refractivity contribution in [3.63, 3.8) is 0 Å². The highest BCUT2D eigenvalue weighted by Gasteiger charge is 1.73. The highest BCUT2D eigenvalue weighted by molar-refractivity contribution is 5.85. The fourth-order valence-electron chi connectivity index (χ4n) is 0.202. The summed E-state index contributed by atoms with van der Waals surface area (Å²) in [6.07, 6.45) is 2.72. The standard InChI is InChI=1S/C2H3N3O.ClH/c6-5-2-1-3-4-5;/h1-2,6H;1H. The van der Waals surface area contributed by atoms with Crippen LogP contribution in [0.3, 0.4) is 0 Å². The predicted octanol–water partition coefficient (Wildman–Crippen LogP) is -0.0628. The Morgan fingerprint density at radius 1 is 1.57 bits per heavy atom. The molecule has 1 rings (SSSR count). The fourth-order valence-corrected chi connectivity index (χ4v) is 0.202. The first-order valence-electron chi connectivity index (χ1n) is 1.45. The molecule has 0 saturated heterocycles. The molecule has 0 aliphatic rings. The number of aromatic nitrogens is 3. The van der Waals surface area contributed by atoms with Gasteiger partial charge in [0.05, 0.1) is 12.4 Å². The molecule has 5 heteroatoms. The maximum Gasteiger partial charge on any atom is 0.0868 e. The monoisotopic (exact) mass is 121 g/mol. The van der Waals surface area contributed by atoms with Crippen LogP contribution in [0.25, 0.3) is 0 Å². The average molecular weight is 122 g/mol. The molecular weight excluding hydrogens is 117 g/mol. The quantitative estimate of drug-likeness (QED) is 0.489. The van der Waals surface area contributed by atoms with Crippen LogP contribution in [-0.2, 0) is 0 Å². The summed E-state index contributed by atoms with van der Waals surface area (Å²) in [7, 11) is 0. The zero-order valence-corrected chi connectivity index (χ0v) is 4.17. The highest BCUT2D eigenvalue weighted by Crippen LogP contribution is 1.65. The first-order valence-corrected chi connectivity index (χ1v) is 1.45. The minimum atomic E-state index is 0. The minimum Gasteiger partial charge on any atom is -0.411 e. The Morgan fingerprint density at radius 2 is 2.29 bits per heavy atom. The van der Waals surface area contributed by atoms with Gasteiger partial charge < -0.3 is 5.21 Å². The van der Waals surface area contributed by atoms with Gasteiger partial charge in [-0.25, -0.2) is 0 Å². The van der Waals surface area contributed by atoms with E-state index >= 15 is 0 Å². The van der Waals surface area contributed by atoms with E-state index in [0.717, 1.165) is 0 Å². The van der Waals surface area contributed by atoms with Crippen molar-refractivity contribution in [3.05, 3.63) is 12.4 Å². The van der Waals surface area contributed by atoms with Crippen molar-refractivity contribution in [3.8, 4) is 0 Å². The van der Waals surface area contributed by atoms with Crippen molar-refractivity contribution in [1.29, 1.82) is 0 Å². The average Bonchev–Trinajstić information content (AvgIpc) is 1.86. The van der Waals surface area contributed by atoms with Gasteiger partial charge in [-0.1, -0.05) is 4.85 Å². The maximum atomic E-state index is 8.22. The van der Waals surface area contributed by atoms with Gasteiger partial charge in [-0.05, 0) is 5.21 Å². The Bertz CT molecular complexity index is 116. The summed E-state index contributed by atoms with van der Waals surface area (Å²) in [5.41, 5.74) is 0. The molecule has 0 fully saturated rings. The molecule has 7 heavy (non-hydrogen) atoms. The zero-order chi connectivity index (χ0) is 4.41. The van der Waals surface area contributed by atoms with Crippen molar-refractivity contribution in [2.45, 2.75) is 0 Å². The van der Waals surface area contributed by atoms with E-state index in [-0.39, 0.29) is 12.4 Å². The van der Waals surface area contributed by atoms with E-state index in [9.17, 15) is 0 Å². The third kappa shape index (κ3) is 1.41. The van der Waals surface area contributed by atoms with Gasteiger partial charge in [0, 0.05) is 0 Å². The lowest BCUT2D eigenvalue weighted by molar-refractivity contribution is 0.143. The topological polar surface area (TPSA) is 50.9 Å². The lowest BCUT2D eigenvalue weighted by Crippen LogP contribution is -1.88. The zero-order valence-electron chi connectivity index (χ0n) is 3.35. The lowest BCUT2D eigenvalue weighted by atomic mass is 11.0. The highest BCUT2D eigenvalue weighted by atomic mass is 35.5. The third-order valence-electron chi connectivity index (χ3n) is 0.410. The van der Waals surface area contributed by atoms with Crippen LogP contribution in [0, 0.1) is 0 Å². The maximum absolute atomic E-state index is 8.22. The molecule has 0 atom stereocenters. The molecule has 1 aromatic rings. The smallest absolute Gasteiger partial charge is 0.0868 e. The molecule has 1 N–H and O–H groups in total. The third-order valence-corrected chi connectivity index (χ3v) is 0.410. The largest absolute Gasteiger partial charge is 0.411 e. The Kier molecular flexibility index (Phi) is 2.15. The minimum absolute atomic E-state index is 0. The van der Waals surface area contributed by atoms with Gasteiger partial charge in [-0.2, -0.15) is 0 Å². The van der Waals surface area contributed by atoms with Crippen LogP contribution in [-0.4, -0.2) is 20.4 Å². The van der Waals surface area contributed by atoms with Gasteiger partial charge in [-0.15, -0.1) is 17.5 Å². The van der Waals surface area contributed by atoms with Gasteiger partial charge in [0.1, 0.15) is 0 Å². The SMILES string of the molecule is Cl.On1ccnn1. The van der Waals surface area contributed by atoms with Crippen LogP contribution in [0.1, 0.15) is 0 Å². The Morgan fingerprint density at radius 3 is 2.43 bits per heavy atom. The van der Waals surface area contributed by atoms with Crippen LogP contribution in [0.4, 0.5) is 0 Å². The summed E-state index contributed by atoms with van der Waals surface area (Å²) in [5, 5.41) is 14.6. The Hall–Kier alpha value is -0.770. The molecule has 0 aliphatic carbocycles. The second kappa shape index (κ2) is 2.41. The van der Waals surface area contributed by atoms with Crippen LogP contribution >= 0.6 is 12.4 Å². The first-order chi connectivity index (χ1) is 2.89. The van der Waals surface area contributed by atoms with E-state index in [1.807, 2.05) is 0 Å². The van der Waals surface area contributed by atoms with Crippen LogP contribution in [0.15, 0.2) is 12.4 Å². The first kappa shape index (κ1) is 6.23. The molecule has 0 aromatic carbocycles. The number of hydrogen-bond acceptors (Lipinski definition) is 3. The summed E-state index contributed by atoms with van der Waals surface area (Å²) in [4.78, 5) is 0.639. The molecule has 0 saturated carbocycles. The summed E-state index contributed by atoms with van der Waals surface area (Å²) in [6, 6.07) is 0. The van der Waals surface area contributed by atoms with Crippen LogP contribution in [0.2, 0.25) is 0 Å². The van der Waals surface area contributed by atoms with E-state index < -0.39 is 0 Å². The molecule has 1 aromatic heterocycles. The second-order valence-electron chi connectivity index (χ2n) is 0.823. The van der Waals surface area contributed by atoms with Crippen molar-refractivity contribution in [2.24, 2.45) is 0 Å². The predicted molar refractivity (Wildman–Crippen MR) is 24.5 cm³/mol. The second-order valence-corrected chi connectivity index (χ2v) is 0.823. The normalized spacial score (nSPS) is 7.43. The molecule has 0 radical (unpaired) electrons. The van der Waals surface area contributed by atoms with Crippen LogP contribution < -0.4 is 0 Å². The molecule has 4 nitrogen and oxygen atoms in total. The molecule has 0 bridgehead atoms. The molecule has 40 valence electrons. The number of halogens is 1.